The normalized spacial score (nSPS) is 19.0. The van der Waals surface area contributed by atoms with Crippen molar-refractivity contribution >= 4 is 5.97 Å². The molecule has 0 aromatic heterocycles. The molecule has 1 aliphatic heterocycles. The molecule has 0 aliphatic carbocycles. The van der Waals surface area contributed by atoms with Crippen molar-refractivity contribution in [1.82, 2.24) is 15.1 Å². The summed E-state index contributed by atoms with van der Waals surface area (Å²) in [6, 6.07) is 0.427. The Morgan fingerprint density at radius 2 is 1.67 bits per heavy atom. The highest BCUT2D eigenvalue weighted by Crippen LogP contribution is 2.12. The topological polar surface area (TPSA) is 44.8 Å². The molecule has 1 atom stereocenters. The first-order valence-corrected chi connectivity index (χ1v) is 9.53. The van der Waals surface area contributed by atoms with E-state index in [1.807, 2.05) is 20.8 Å². The van der Waals surface area contributed by atoms with Gasteiger partial charge in [-0.3, -0.25) is 9.69 Å². The number of hydrogen-bond donors (Lipinski definition) is 1. The van der Waals surface area contributed by atoms with Crippen molar-refractivity contribution in [2.45, 2.75) is 72.6 Å². The van der Waals surface area contributed by atoms with Crippen molar-refractivity contribution in [2.24, 2.45) is 5.92 Å². The predicted molar refractivity (Wildman–Crippen MR) is 100 cm³/mol. The molecule has 0 bridgehead atoms. The first kappa shape index (κ1) is 21.4. The summed E-state index contributed by atoms with van der Waals surface area (Å²) in [5, 5.41) is 3.40. The zero-order valence-electron chi connectivity index (χ0n) is 16.9. The minimum atomic E-state index is -0.429. The Morgan fingerprint density at radius 1 is 1.08 bits per heavy atom. The fourth-order valence-corrected chi connectivity index (χ4v) is 3.02. The maximum absolute atomic E-state index is 12.3. The second-order valence-electron chi connectivity index (χ2n) is 8.53. The smallest absolute Gasteiger partial charge is 0.323 e. The van der Waals surface area contributed by atoms with Crippen LogP contribution in [-0.4, -0.2) is 72.7 Å². The van der Waals surface area contributed by atoms with Gasteiger partial charge < -0.3 is 15.0 Å². The maximum atomic E-state index is 12.3. The van der Waals surface area contributed by atoms with Crippen LogP contribution in [0.1, 0.15) is 54.9 Å². The number of hydrogen-bond acceptors (Lipinski definition) is 5. The predicted octanol–water partition coefficient (Wildman–Crippen LogP) is 2.36. The lowest BCUT2D eigenvalue weighted by Gasteiger charge is -2.37. The van der Waals surface area contributed by atoms with E-state index in [9.17, 15) is 4.79 Å². The Hall–Kier alpha value is -0.650. The van der Waals surface area contributed by atoms with Gasteiger partial charge in [0.1, 0.15) is 11.6 Å². The van der Waals surface area contributed by atoms with Crippen LogP contribution in [-0.2, 0) is 9.53 Å². The summed E-state index contributed by atoms with van der Waals surface area (Å²) in [6.45, 7) is 21.0. The fourth-order valence-electron chi connectivity index (χ4n) is 3.02. The molecule has 24 heavy (non-hydrogen) atoms. The van der Waals surface area contributed by atoms with Crippen LogP contribution in [0, 0.1) is 5.92 Å². The summed E-state index contributed by atoms with van der Waals surface area (Å²) in [5.74, 6) is 0.0949. The first-order chi connectivity index (χ1) is 11.1. The van der Waals surface area contributed by atoms with Gasteiger partial charge in [0.25, 0.3) is 0 Å². The van der Waals surface area contributed by atoms with Crippen molar-refractivity contribution in [3.8, 4) is 0 Å². The van der Waals surface area contributed by atoms with E-state index in [-0.39, 0.29) is 17.9 Å². The van der Waals surface area contributed by atoms with Crippen LogP contribution in [0.5, 0.6) is 0 Å². The van der Waals surface area contributed by atoms with Crippen molar-refractivity contribution in [3.05, 3.63) is 0 Å². The molecule has 1 N–H and O–H groups in total. The summed E-state index contributed by atoms with van der Waals surface area (Å²) in [4.78, 5) is 17.4. The van der Waals surface area contributed by atoms with Gasteiger partial charge in [0.2, 0.25) is 0 Å². The quantitative estimate of drug-likeness (QED) is 0.542. The number of nitrogens with one attached hydrogen (secondary N) is 1. The van der Waals surface area contributed by atoms with Crippen LogP contribution < -0.4 is 5.32 Å². The number of carbonyl (C=O) groups is 1. The lowest BCUT2D eigenvalue weighted by molar-refractivity contribution is -0.158. The monoisotopic (exact) mass is 341 g/mol. The standard InChI is InChI=1S/C19H39N3O2/c1-15(2)17(18(23)24-19(5,6)7)20-9-8-10-21-11-13-22(14-12-21)16(3)4/h15-17,20H,8-14H2,1-7H3/t17-/m1/s1. The number of piperazine rings is 1. The molecule has 0 saturated carbocycles. The largest absolute Gasteiger partial charge is 0.459 e. The third-order valence-corrected chi connectivity index (χ3v) is 4.48. The Labute approximate surface area is 149 Å². The van der Waals surface area contributed by atoms with Crippen LogP contribution in [0.4, 0.5) is 0 Å². The van der Waals surface area contributed by atoms with E-state index in [1.165, 1.54) is 0 Å². The van der Waals surface area contributed by atoms with Gasteiger partial charge in [-0.1, -0.05) is 13.8 Å². The average molecular weight is 342 g/mol. The van der Waals surface area contributed by atoms with Gasteiger partial charge in [-0.25, -0.2) is 0 Å². The van der Waals surface area contributed by atoms with E-state index in [1.54, 1.807) is 0 Å². The molecule has 1 rings (SSSR count). The molecule has 5 heteroatoms. The van der Waals surface area contributed by atoms with Crippen molar-refractivity contribution in [2.75, 3.05) is 39.3 Å². The Bertz CT molecular complexity index is 369. The Balaban J connectivity index is 2.28. The molecule has 1 aliphatic rings. The molecule has 0 amide bonds. The van der Waals surface area contributed by atoms with Gasteiger partial charge in [-0.15, -0.1) is 0 Å². The maximum Gasteiger partial charge on any atom is 0.323 e. The van der Waals surface area contributed by atoms with Crippen LogP contribution in [0.25, 0.3) is 0 Å². The van der Waals surface area contributed by atoms with Crippen LogP contribution in [0.3, 0.4) is 0 Å². The lowest BCUT2D eigenvalue weighted by Crippen LogP contribution is -2.49. The van der Waals surface area contributed by atoms with E-state index in [2.05, 4.69) is 42.8 Å². The molecule has 0 spiro atoms. The van der Waals surface area contributed by atoms with E-state index in [0.29, 0.717) is 6.04 Å². The van der Waals surface area contributed by atoms with E-state index >= 15 is 0 Å². The van der Waals surface area contributed by atoms with E-state index in [0.717, 1.165) is 45.7 Å². The van der Waals surface area contributed by atoms with Crippen LogP contribution in [0.2, 0.25) is 0 Å². The molecule has 1 heterocycles. The minimum Gasteiger partial charge on any atom is -0.459 e. The number of nitrogens with zero attached hydrogens (tertiary/aromatic N) is 2. The zero-order valence-corrected chi connectivity index (χ0v) is 16.9. The van der Waals surface area contributed by atoms with E-state index in [4.69, 9.17) is 4.74 Å². The van der Waals surface area contributed by atoms with Gasteiger partial charge >= 0.3 is 5.97 Å². The number of rotatable bonds is 8. The van der Waals surface area contributed by atoms with Crippen LogP contribution in [0.15, 0.2) is 0 Å². The molecular weight excluding hydrogens is 302 g/mol. The molecule has 1 saturated heterocycles. The Kier molecular flexibility index (Phi) is 8.68. The fraction of sp³-hybridized carbons (Fsp3) is 0.947. The molecule has 0 aromatic carbocycles. The van der Waals surface area contributed by atoms with Crippen molar-refractivity contribution in [1.29, 1.82) is 0 Å². The van der Waals surface area contributed by atoms with Crippen LogP contribution >= 0.6 is 0 Å². The SMILES string of the molecule is CC(C)[C@@H](NCCCN1CCN(C(C)C)CC1)C(=O)OC(C)(C)C. The van der Waals surface area contributed by atoms with Gasteiger partial charge in [-0.2, -0.15) is 0 Å². The molecule has 1 fully saturated rings. The summed E-state index contributed by atoms with van der Waals surface area (Å²) >= 11 is 0. The van der Waals surface area contributed by atoms with Gasteiger partial charge in [0.15, 0.2) is 0 Å². The first-order valence-electron chi connectivity index (χ1n) is 9.53. The van der Waals surface area contributed by atoms with Crippen molar-refractivity contribution in [3.63, 3.8) is 0 Å². The average Bonchev–Trinajstić information content (AvgIpc) is 2.45. The van der Waals surface area contributed by atoms with Crippen molar-refractivity contribution < 1.29 is 9.53 Å². The third kappa shape index (κ3) is 7.95. The van der Waals surface area contributed by atoms with Gasteiger partial charge in [0, 0.05) is 32.2 Å². The number of esters is 1. The summed E-state index contributed by atoms with van der Waals surface area (Å²) in [6.07, 6.45) is 1.06. The molecule has 0 radical (unpaired) electrons. The molecule has 142 valence electrons. The second-order valence-corrected chi connectivity index (χ2v) is 8.53. The molecular formula is C19H39N3O2. The minimum absolute atomic E-state index is 0.136. The highest BCUT2D eigenvalue weighted by Gasteiger charge is 2.27. The second kappa shape index (κ2) is 9.73. The summed E-state index contributed by atoms with van der Waals surface area (Å²) < 4.78 is 5.52. The van der Waals surface area contributed by atoms with E-state index < -0.39 is 5.60 Å². The number of carbonyl (C=O) groups excluding carboxylic acids is 1. The number of ether oxygens (including phenoxy) is 1. The molecule has 0 unspecified atom stereocenters. The van der Waals surface area contributed by atoms with Gasteiger partial charge in [-0.05, 0) is 60.0 Å². The Morgan fingerprint density at radius 3 is 2.12 bits per heavy atom. The summed E-state index contributed by atoms with van der Waals surface area (Å²) in [5.41, 5.74) is -0.429. The highest BCUT2D eigenvalue weighted by atomic mass is 16.6. The molecule has 0 aromatic rings. The lowest BCUT2D eigenvalue weighted by atomic mass is 10.0. The van der Waals surface area contributed by atoms with Gasteiger partial charge in [0.05, 0.1) is 0 Å². The summed E-state index contributed by atoms with van der Waals surface area (Å²) in [7, 11) is 0. The third-order valence-electron chi connectivity index (χ3n) is 4.48. The molecule has 5 nitrogen and oxygen atoms in total. The highest BCUT2D eigenvalue weighted by molar-refractivity contribution is 5.76. The zero-order chi connectivity index (χ0) is 18.3.